The predicted octanol–water partition coefficient (Wildman–Crippen LogP) is 3.23. The Hall–Kier alpha value is -1.06. The topological polar surface area (TPSA) is 52.6 Å². The minimum absolute atomic E-state index is 0.0737. The van der Waals surface area contributed by atoms with Gasteiger partial charge in [-0.2, -0.15) is 0 Å². The molecule has 0 saturated heterocycles. The average molecular weight is 258 g/mol. The molecule has 0 aromatic heterocycles. The number of carbonyl (C=O) groups excluding carboxylic acids is 2. The quantitative estimate of drug-likeness (QED) is 0.289. The van der Waals surface area contributed by atoms with Crippen LogP contribution in [0.15, 0.2) is 0 Å². The molecule has 0 unspecified atom stereocenters. The lowest BCUT2D eigenvalue weighted by Crippen LogP contribution is -2.05. The van der Waals surface area contributed by atoms with Crippen molar-refractivity contribution in [3.05, 3.63) is 0 Å². The smallest absolute Gasteiger partial charge is 0.305 e. The lowest BCUT2D eigenvalue weighted by Gasteiger charge is -2.04. The van der Waals surface area contributed by atoms with Gasteiger partial charge in [-0.05, 0) is 32.1 Å². The molecule has 0 aliphatic rings. The summed E-state index contributed by atoms with van der Waals surface area (Å²) >= 11 is 0. The van der Waals surface area contributed by atoms with Gasteiger partial charge in [0, 0.05) is 6.42 Å². The molecule has 0 atom stereocenters. The van der Waals surface area contributed by atoms with Crippen LogP contribution >= 0.6 is 0 Å². The number of esters is 1. The zero-order chi connectivity index (χ0) is 13.5. The fourth-order valence-corrected chi connectivity index (χ4v) is 1.64. The molecule has 4 nitrogen and oxygen atoms in total. The van der Waals surface area contributed by atoms with Crippen molar-refractivity contribution in [1.82, 2.24) is 0 Å². The van der Waals surface area contributed by atoms with Gasteiger partial charge in [-0.25, -0.2) is 0 Å². The van der Waals surface area contributed by atoms with Crippen LogP contribution in [0.4, 0.5) is 0 Å². The van der Waals surface area contributed by atoms with E-state index in [1.54, 1.807) is 0 Å². The van der Waals surface area contributed by atoms with Crippen molar-refractivity contribution >= 4 is 12.4 Å². The van der Waals surface area contributed by atoms with E-state index in [-0.39, 0.29) is 5.97 Å². The van der Waals surface area contributed by atoms with Gasteiger partial charge in [-0.1, -0.05) is 26.2 Å². The Balaban J connectivity index is 3.12. The molecular weight excluding hydrogens is 232 g/mol. The molecule has 0 radical (unpaired) electrons. The van der Waals surface area contributed by atoms with E-state index in [1.807, 2.05) is 0 Å². The molecule has 0 aliphatic heterocycles. The first-order chi connectivity index (χ1) is 8.81. The Morgan fingerprint density at radius 3 is 2.28 bits per heavy atom. The second kappa shape index (κ2) is 14.0. The van der Waals surface area contributed by atoms with Gasteiger partial charge in [-0.15, -0.1) is 0 Å². The second-order valence-electron chi connectivity index (χ2n) is 4.41. The summed E-state index contributed by atoms with van der Waals surface area (Å²) in [5.41, 5.74) is 0. The largest absolute Gasteiger partial charge is 0.468 e. The van der Waals surface area contributed by atoms with E-state index < -0.39 is 0 Å². The van der Waals surface area contributed by atoms with E-state index in [4.69, 9.17) is 4.74 Å². The van der Waals surface area contributed by atoms with Gasteiger partial charge in [0.15, 0.2) is 0 Å². The Morgan fingerprint density at radius 2 is 1.61 bits per heavy atom. The lowest BCUT2D eigenvalue weighted by molar-refractivity contribution is -0.144. The fourth-order valence-electron chi connectivity index (χ4n) is 1.64. The maximum atomic E-state index is 11.3. The van der Waals surface area contributed by atoms with E-state index in [0.717, 1.165) is 38.5 Å². The molecule has 0 bridgehead atoms. The molecule has 4 heteroatoms. The minimum Gasteiger partial charge on any atom is -0.468 e. The zero-order valence-electron chi connectivity index (χ0n) is 11.5. The van der Waals surface area contributed by atoms with Gasteiger partial charge in [0.25, 0.3) is 6.47 Å². The maximum Gasteiger partial charge on any atom is 0.305 e. The van der Waals surface area contributed by atoms with Gasteiger partial charge < -0.3 is 9.47 Å². The highest BCUT2D eigenvalue weighted by atomic mass is 16.5. The molecule has 0 aromatic carbocycles. The first-order valence-corrected chi connectivity index (χ1v) is 7.02. The predicted molar refractivity (Wildman–Crippen MR) is 70.2 cm³/mol. The molecule has 0 fully saturated rings. The van der Waals surface area contributed by atoms with Gasteiger partial charge >= 0.3 is 5.97 Å². The number of unbranched alkanes of at least 4 members (excludes halogenated alkanes) is 6. The molecule has 0 spiro atoms. The van der Waals surface area contributed by atoms with E-state index >= 15 is 0 Å². The minimum atomic E-state index is -0.0737. The number of carbonyl (C=O) groups is 2. The maximum absolute atomic E-state index is 11.3. The molecule has 0 N–H and O–H groups in total. The zero-order valence-corrected chi connectivity index (χ0v) is 11.5. The summed E-state index contributed by atoms with van der Waals surface area (Å²) in [6.07, 6.45) is 8.75. The summed E-state index contributed by atoms with van der Waals surface area (Å²) in [4.78, 5) is 21.2. The summed E-state index contributed by atoms with van der Waals surface area (Å²) in [6, 6.07) is 0. The van der Waals surface area contributed by atoms with Crippen molar-refractivity contribution in [3.63, 3.8) is 0 Å². The summed E-state index contributed by atoms with van der Waals surface area (Å²) in [5.74, 6) is -0.0737. The van der Waals surface area contributed by atoms with Crippen molar-refractivity contribution in [1.29, 1.82) is 0 Å². The van der Waals surface area contributed by atoms with Crippen LogP contribution in [0.1, 0.15) is 64.7 Å². The van der Waals surface area contributed by atoms with Crippen LogP contribution in [0, 0.1) is 0 Å². The third-order valence-electron chi connectivity index (χ3n) is 2.72. The van der Waals surface area contributed by atoms with Gasteiger partial charge in [0.2, 0.25) is 0 Å². The van der Waals surface area contributed by atoms with Crippen LogP contribution in [0.3, 0.4) is 0 Å². The van der Waals surface area contributed by atoms with E-state index in [0.29, 0.717) is 26.1 Å². The lowest BCUT2D eigenvalue weighted by atomic mass is 10.1. The Bertz CT molecular complexity index is 204. The van der Waals surface area contributed by atoms with Crippen LogP contribution in [0.5, 0.6) is 0 Å². The number of ether oxygens (including phenoxy) is 2. The molecule has 0 aromatic rings. The normalized spacial score (nSPS) is 10.1. The Labute approximate surface area is 110 Å². The first-order valence-electron chi connectivity index (χ1n) is 7.02. The summed E-state index contributed by atoms with van der Waals surface area (Å²) in [7, 11) is 0. The van der Waals surface area contributed by atoms with Crippen molar-refractivity contribution in [2.24, 2.45) is 0 Å². The van der Waals surface area contributed by atoms with Gasteiger partial charge in [-0.3, -0.25) is 9.59 Å². The van der Waals surface area contributed by atoms with E-state index in [2.05, 4.69) is 11.7 Å². The summed E-state index contributed by atoms with van der Waals surface area (Å²) < 4.78 is 9.70. The molecule has 0 heterocycles. The van der Waals surface area contributed by atoms with Crippen molar-refractivity contribution in [2.75, 3.05) is 13.2 Å². The third kappa shape index (κ3) is 13.0. The molecule has 0 amide bonds. The average Bonchev–Trinajstić information content (AvgIpc) is 2.38. The number of rotatable bonds is 13. The number of hydrogen-bond acceptors (Lipinski definition) is 4. The molecule has 0 rings (SSSR count). The molecule has 0 aliphatic carbocycles. The van der Waals surface area contributed by atoms with Crippen LogP contribution in [0.2, 0.25) is 0 Å². The van der Waals surface area contributed by atoms with Crippen molar-refractivity contribution in [3.8, 4) is 0 Å². The highest BCUT2D eigenvalue weighted by Gasteiger charge is 2.01. The fraction of sp³-hybridized carbons (Fsp3) is 0.857. The van der Waals surface area contributed by atoms with Gasteiger partial charge in [0.05, 0.1) is 13.2 Å². The number of hydrogen-bond donors (Lipinski definition) is 0. The second-order valence-corrected chi connectivity index (χ2v) is 4.41. The summed E-state index contributed by atoms with van der Waals surface area (Å²) in [5, 5.41) is 0. The molecule has 18 heavy (non-hydrogen) atoms. The van der Waals surface area contributed by atoms with Crippen molar-refractivity contribution < 1.29 is 19.1 Å². The van der Waals surface area contributed by atoms with Crippen LogP contribution in [0.25, 0.3) is 0 Å². The van der Waals surface area contributed by atoms with Gasteiger partial charge in [0.1, 0.15) is 0 Å². The molecule has 0 saturated carbocycles. The monoisotopic (exact) mass is 258 g/mol. The van der Waals surface area contributed by atoms with Crippen molar-refractivity contribution in [2.45, 2.75) is 64.7 Å². The summed E-state index contributed by atoms with van der Waals surface area (Å²) in [6.45, 7) is 3.63. The highest BCUT2D eigenvalue weighted by Crippen LogP contribution is 2.05. The molecular formula is C14H26O4. The van der Waals surface area contributed by atoms with E-state index in [1.165, 1.54) is 12.8 Å². The molecule has 106 valence electrons. The SMILES string of the molecule is CCCCCCC(=O)OCCCCCCOC=O. The highest BCUT2D eigenvalue weighted by molar-refractivity contribution is 5.69. The Kier molecular flexibility index (Phi) is 13.2. The standard InChI is InChI=1S/C14H26O4/c1-2-3-4-7-10-14(16)18-12-9-6-5-8-11-17-13-15/h13H,2-12H2,1H3. The Morgan fingerprint density at radius 1 is 0.944 bits per heavy atom. The first kappa shape index (κ1) is 16.9. The van der Waals surface area contributed by atoms with Crippen LogP contribution in [-0.2, 0) is 19.1 Å². The van der Waals surface area contributed by atoms with Crippen LogP contribution < -0.4 is 0 Å². The van der Waals surface area contributed by atoms with Crippen LogP contribution in [-0.4, -0.2) is 25.7 Å². The van der Waals surface area contributed by atoms with E-state index in [9.17, 15) is 9.59 Å². The third-order valence-corrected chi connectivity index (χ3v) is 2.72.